The van der Waals surface area contributed by atoms with Crippen LogP contribution in [0.5, 0.6) is 0 Å². The lowest BCUT2D eigenvalue weighted by Crippen LogP contribution is -2.39. The van der Waals surface area contributed by atoms with Gasteiger partial charge in [-0.2, -0.15) is 4.31 Å². The Kier molecular flexibility index (Phi) is 5.30. The van der Waals surface area contributed by atoms with Gasteiger partial charge in [-0.15, -0.1) is 0 Å². The summed E-state index contributed by atoms with van der Waals surface area (Å²) in [5, 5.41) is 9.61. The van der Waals surface area contributed by atoms with Gasteiger partial charge in [0.05, 0.1) is 11.5 Å². The summed E-state index contributed by atoms with van der Waals surface area (Å²) < 4.78 is 26.9. The maximum atomic E-state index is 12.7. The average Bonchev–Trinajstić information content (AvgIpc) is 2.47. The van der Waals surface area contributed by atoms with Crippen LogP contribution < -0.4 is 0 Å². The van der Waals surface area contributed by atoms with Gasteiger partial charge in [0.25, 0.3) is 0 Å². The molecule has 1 aromatic rings. The fourth-order valence-corrected chi connectivity index (χ4v) is 4.45. The highest BCUT2D eigenvalue weighted by Gasteiger charge is 2.30. The Morgan fingerprint density at radius 1 is 1.29 bits per heavy atom. The van der Waals surface area contributed by atoms with Crippen molar-refractivity contribution < 1.29 is 13.5 Å². The number of aliphatic hydroxyl groups excluding tert-OH is 1. The van der Waals surface area contributed by atoms with Crippen LogP contribution in [0.15, 0.2) is 23.1 Å². The van der Waals surface area contributed by atoms with E-state index < -0.39 is 10.0 Å². The van der Waals surface area contributed by atoms with E-state index in [0.717, 1.165) is 25.7 Å². The molecule has 1 saturated carbocycles. The van der Waals surface area contributed by atoms with Gasteiger partial charge in [0.2, 0.25) is 10.0 Å². The van der Waals surface area contributed by atoms with Gasteiger partial charge in [-0.25, -0.2) is 8.42 Å². The molecule has 6 heteroatoms. The van der Waals surface area contributed by atoms with Crippen molar-refractivity contribution in [2.24, 2.45) is 5.92 Å². The third-order valence-corrected chi connectivity index (χ3v) is 6.64. The van der Waals surface area contributed by atoms with Gasteiger partial charge < -0.3 is 5.11 Å². The molecule has 0 unspecified atom stereocenters. The fraction of sp³-hybridized carbons (Fsp3) is 0.600. The smallest absolute Gasteiger partial charge is 0.243 e. The van der Waals surface area contributed by atoms with Crippen LogP contribution in [0.3, 0.4) is 0 Å². The Bertz CT molecular complexity index is 595. The van der Waals surface area contributed by atoms with E-state index in [9.17, 15) is 13.5 Å². The van der Waals surface area contributed by atoms with Gasteiger partial charge in [-0.3, -0.25) is 0 Å². The number of halogens is 1. The predicted molar refractivity (Wildman–Crippen MR) is 83.7 cm³/mol. The molecular weight excluding hydrogens is 310 g/mol. The molecule has 1 N–H and O–H groups in total. The van der Waals surface area contributed by atoms with E-state index in [0.29, 0.717) is 16.5 Å². The van der Waals surface area contributed by atoms with Gasteiger partial charge in [-0.05, 0) is 55.4 Å². The highest BCUT2D eigenvalue weighted by atomic mass is 35.5. The molecule has 0 aromatic heterocycles. The lowest BCUT2D eigenvalue weighted by Gasteiger charge is -2.32. The van der Waals surface area contributed by atoms with E-state index in [-0.39, 0.29) is 17.5 Å². The Hall–Kier alpha value is -0.620. The quantitative estimate of drug-likeness (QED) is 0.922. The van der Waals surface area contributed by atoms with Crippen molar-refractivity contribution in [2.45, 2.75) is 50.2 Å². The van der Waals surface area contributed by atoms with E-state index in [4.69, 9.17) is 11.6 Å². The van der Waals surface area contributed by atoms with Crippen LogP contribution in [0.1, 0.15) is 38.2 Å². The summed E-state index contributed by atoms with van der Waals surface area (Å²) in [5.41, 5.74) is 0.434. The van der Waals surface area contributed by atoms with Crippen molar-refractivity contribution >= 4 is 21.6 Å². The maximum absolute atomic E-state index is 12.7. The number of hydrogen-bond acceptors (Lipinski definition) is 3. The Morgan fingerprint density at radius 3 is 2.48 bits per heavy atom. The van der Waals surface area contributed by atoms with Crippen molar-refractivity contribution in [1.82, 2.24) is 4.31 Å². The molecular formula is C15H22ClNO3S. The van der Waals surface area contributed by atoms with E-state index in [2.05, 4.69) is 6.92 Å². The molecule has 2 rings (SSSR count). The Labute approximate surface area is 131 Å². The van der Waals surface area contributed by atoms with Gasteiger partial charge in [0.1, 0.15) is 0 Å². The molecule has 0 amide bonds. The zero-order valence-electron chi connectivity index (χ0n) is 12.4. The number of sulfonamides is 1. The topological polar surface area (TPSA) is 57.6 Å². The van der Waals surface area contributed by atoms with E-state index in [1.807, 2.05) is 0 Å². The lowest BCUT2D eigenvalue weighted by molar-refractivity contribution is 0.246. The molecule has 4 nitrogen and oxygen atoms in total. The molecule has 0 saturated heterocycles. The maximum Gasteiger partial charge on any atom is 0.243 e. The fourth-order valence-electron chi connectivity index (χ4n) is 2.80. The van der Waals surface area contributed by atoms with Crippen molar-refractivity contribution in [2.75, 3.05) is 7.05 Å². The Balaban J connectivity index is 2.24. The Morgan fingerprint density at radius 2 is 1.90 bits per heavy atom. The summed E-state index contributed by atoms with van der Waals surface area (Å²) in [4.78, 5) is 0.192. The molecule has 0 bridgehead atoms. The highest BCUT2D eigenvalue weighted by molar-refractivity contribution is 7.89. The second-order valence-corrected chi connectivity index (χ2v) is 8.25. The standard InChI is InChI=1S/C15H22ClNO3S/c1-11-3-5-13(6-4-11)17(2)21(19,20)14-7-8-15(16)12(9-14)10-18/h7-9,11,13,18H,3-6,10H2,1-2H3. The molecule has 1 aromatic carbocycles. The first-order valence-electron chi connectivity index (χ1n) is 7.23. The minimum Gasteiger partial charge on any atom is -0.392 e. The summed E-state index contributed by atoms with van der Waals surface area (Å²) in [6.07, 6.45) is 3.93. The van der Waals surface area contributed by atoms with Crippen LogP contribution in [-0.4, -0.2) is 30.9 Å². The lowest BCUT2D eigenvalue weighted by atomic mass is 9.87. The van der Waals surface area contributed by atoms with Crippen molar-refractivity contribution in [1.29, 1.82) is 0 Å². The number of benzene rings is 1. The minimum absolute atomic E-state index is 0.0551. The number of aliphatic hydroxyl groups is 1. The summed E-state index contributed by atoms with van der Waals surface area (Å²) in [7, 11) is -1.90. The number of rotatable bonds is 4. The molecule has 0 spiro atoms. The number of nitrogens with zero attached hydrogens (tertiary/aromatic N) is 1. The zero-order chi connectivity index (χ0) is 15.6. The van der Waals surface area contributed by atoms with Crippen LogP contribution in [0, 0.1) is 5.92 Å². The molecule has 0 atom stereocenters. The first-order chi connectivity index (χ1) is 9.86. The van der Waals surface area contributed by atoms with Crippen molar-refractivity contribution in [3.05, 3.63) is 28.8 Å². The predicted octanol–water partition coefficient (Wildman–Crippen LogP) is 3.03. The van der Waals surface area contributed by atoms with Gasteiger partial charge in [0.15, 0.2) is 0 Å². The first-order valence-corrected chi connectivity index (χ1v) is 9.05. The van der Waals surface area contributed by atoms with Gasteiger partial charge in [-0.1, -0.05) is 18.5 Å². The molecule has 0 heterocycles. The second-order valence-electron chi connectivity index (χ2n) is 5.85. The molecule has 118 valence electrons. The third-order valence-electron chi connectivity index (χ3n) is 4.36. The first kappa shape index (κ1) is 16.7. The molecule has 0 aliphatic heterocycles. The largest absolute Gasteiger partial charge is 0.392 e. The van der Waals surface area contributed by atoms with Crippen molar-refractivity contribution in [3.8, 4) is 0 Å². The normalized spacial score (nSPS) is 23.5. The van der Waals surface area contributed by atoms with E-state index >= 15 is 0 Å². The number of hydrogen-bond donors (Lipinski definition) is 1. The minimum atomic E-state index is -3.54. The summed E-state index contributed by atoms with van der Waals surface area (Å²) >= 11 is 5.92. The van der Waals surface area contributed by atoms with Crippen LogP contribution >= 0.6 is 11.6 Å². The SMILES string of the molecule is CC1CCC(N(C)S(=O)(=O)c2ccc(Cl)c(CO)c2)CC1. The zero-order valence-corrected chi connectivity index (χ0v) is 14.0. The van der Waals surface area contributed by atoms with E-state index in [1.165, 1.54) is 22.5 Å². The van der Waals surface area contributed by atoms with Crippen molar-refractivity contribution in [3.63, 3.8) is 0 Å². The molecule has 1 fully saturated rings. The van der Waals surface area contributed by atoms with Gasteiger partial charge in [0, 0.05) is 18.1 Å². The van der Waals surface area contributed by atoms with Gasteiger partial charge >= 0.3 is 0 Å². The summed E-state index contributed by atoms with van der Waals surface area (Å²) in [6, 6.07) is 4.54. The molecule has 0 radical (unpaired) electrons. The molecule has 21 heavy (non-hydrogen) atoms. The van der Waals surface area contributed by atoms with E-state index in [1.54, 1.807) is 7.05 Å². The molecule has 1 aliphatic rings. The summed E-state index contributed by atoms with van der Waals surface area (Å²) in [6.45, 7) is 1.93. The van der Waals surface area contributed by atoms with Crippen LogP contribution in [-0.2, 0) is 16.6 Å². The van der Waals surface area contributed by atoms with Crippen LogP contribution in [0.4, 0.5) is 0 Å². The van der Waals surface area contributed by atoms with Crippen LogP contribution in [0.25, 0.3) is 0 Å². The second kappa shape index (κ2) is 6.65. The highest BCUT2D eigenvalue weighted by Crippen LogP contribution is 2.30. The summed E-state index contributed by atoms with van der Waals surface area (Å²) in [5.74, 6) is 0.675. The molecule has 1 aliphatic carbocycles. The third kappa shape index (κ3) is 3.59. The van der Waals surface area contributed by atoms with Crippen LogP contribution in [0.2, 0.25) is 5.02 Å². The average molecular weight is 332 g/mol. The monoisotopic (exact) mass is 331 g/mol.